The third-order valence-corrected chi connectivity index (χ3v) is 8.60. The topological polar surface area (TPSA) is 65.6 Å². The predicted molar refractivity (Wildman–Crippen MR) is 173 cm³/mol. The van der Waals surface area contributed by atoms with Crippen molar-refractivity contribution in [3.05, 3.63) is 53.1 Å². The number of amides is 2. The second-order valence-electron chi connectivity index (χ2n) is 14.8. The van der Waals surface area contributed by atoms with E-state index < -0.39 is 11.2 Å². The van der Waals surface area contributed by atoms with E-state index in [4.69, 9.17) is 9.47 Å². The summed E-state index contributed by atoms with van der Waals surface area (Å²) in [6, 6.07) is 13.1. The minimum atomic E-state index is -0.615. The molecule has 43 heavy (non-hydrogen) atoms. The normalized spacial score (nSPS) is 19.0. The van der Waals surface area contributed by atoms with Gasteiger partial charge >= 0.3 is 12.2 Å². The fourth-order valence-corrected chi connectivity index (χ4v) is 6.41. The smallest absolute Gasteiger partial charge is 0.419 e. The third-order valence-electron chi connectivity index (χ3n) is 8.60. The molecule has 0 aromatic heterocycles. The molecule has 0 N–H and O–H groups in total. The first-order valence-electron chi connectivity index (χ1n) is 15.9. The third kappa shape index (κ3) is 6.95. The molecule has 0 bridgehead atoms. The zero-order valence-electron chi connectivity index (χ0n) is 27.5. The molecule has 0 atom stereocenters. The van der Waals surface area contributed by atoms with Gasteiger partial charge < -0.3 is 19.3 Å². The molecule has 0 radical (unpaired) electrons. The molecular weight excluding hydrogens is 540 g/mol. The summed E-state index contributed by atoms with van der Waals surface area (Å²) in [6.45, 7) is 21.6. The van der Waals surface area contributed by atoms with Gasteiger partial charge in [0.15, 0.2) is 0 Å². The molecule has 0 saturated carbocycles. The van der Waals surface area contributed by atoms with Crippen molar-refractivity contribution in [2.45, 2.75) is 97.8 Å². The van der Waals surface area contributed by atoms with E-state index in [-0.39, 0.29) is 17.6 Å². The Kier molecular flexibility index (Phi) is 8.47. The second-order valence-corrected chi connectivity index (χ2v) is 14.8. The zero-order chi connectivity index (χ0) is 31.2. The molecule has 2 aromatic carbocycles. The number of anilines is 3. The molecule has 8 nitrogen and oxygen atoms in total. The Morgan fingerprint density at radius 1 is 0.721 bits per heavy atom. The highest BCUT2D eigenvalue weighted by atomic mass is 16.6. The number of hydrogen-bond donors (Lipinski definition) is 0. The quantitative estimate of drug-likeness (QED) is 0.370. The monoisotopic (exact) mass is 590 g/mol. The molecule has 0 unspecified atom stereocenters. The predicted octanol–water partition coefficient (Wildman–Crippen LogP) is 7.44. The van der Waals surface area contributed by atoms with E-state index >= 15 is 0 Å². The molecule has 2 saturated heterocycles. The van der Waals surface area contributed by atoms with Gasteiger partial charge in [-0.15, -0.1) is 0 Å². The number of ether oxygens (including phenoxy) is 2. The van der Waals surface area contributed by atoms with Crippen molar-refractivity contribution in [3.8, 4) is 0 Å². The Bertz CT molecular complexity index is 1340. The molecule has 8 heteroatoms. The maximum atomic E-state index is 13.9. The molecule has 234 valence electrons. The number of carbonyl (C=O) groups is 2. The molecule has 0 aliphatic carbocycles. The van der Waals surface area contributed by atoms with Crippen LogP contribution in [0.15, 0.2) is 36.4 Å². The van der Waals surface area contributed by atoms with Crippen LogP contribution in [-0.4, -0.2) is 72.5 Å². The number of piperazine rings is 1. The van der Waals surface area contributed by atoms with Crippen LogP contribution >= 0.6 is 0 Å². The molecule has 3 aliphatic heterocycles. The lowest BCUT2D eigenvalue weighted by Gasteiger charge is -2.42. The molecule has 5 rings (SSSR count). The van der Waals surface area contributed by atoms with Crippen LogP contribution in [-0.2, 0) is 21.4 Å². The molecule has 2 aromatic rings. The lowest BCUT2D eigenvalue weighted by molar-refractivity contribution is 0.0138. The Hall–Kier alpha value is -3.26. The summed E-state index contributed by atoms with van der Waals surface area (Å²) in [5.74, 6) is 0. The summed E-state index contributed by atoms with van der Waals surface area (Å²) in [6.07, 6.45) is 3.06. The van der Waals surface area contributed by atoms with Crippen molar-refractivity contribution in [3.63, 3.8) is 0 Å². The van der Waals surface area contributed by atoms with E-state index in [0.717, 1.165) is 60.9 Å². The van der Waals surface area contributed by atoms with Crippen molar-refractivity contribution in [1.82, 2.24) is 9.80 Å². The largest absolute Gasteiger partial charge is 0.444 e. The lowest BCUT2D eigenvalue weighted by atomic mass is 9.73. The Morgan fingerprint density at radius 2 is 1.35 bits per heavy atom. The van der Waals surface area contributed by atoms with Crippen LogP contribution < -0.4 is 9.80 Å². The van der Waals surface area contributed by atoms with E-state index in [9.17, 15) is 9.59 Å². The van der Waals surface area contributed by atoms with Gasteiger partial charge in [0.1, 0.15) is 11.2 Å². The fraction of sp³-hybridized carbons (Fsp3) is 0.600. The Balaban J connectivity index is 1.42. The van der Waals surface area contributed by atoms with E-state index in [2.05, 4.69) is 60.0 Å². The molecule has 2 fully saturated rings. The van der Waals surface area contributed by atoms with Gasteiger partial charge in [0.05, 0.1) is 11.4 Å². The van der Waals surface area contributed by atoms with Crippen LogP contribution in [0.25, 0.3) is 0 Å². The summed E-state index contributed by atoms with van der Waals surface area (Å²) < 4.78 is 11.5. The van der Waals surface area contributed by atoms with Crippen LogP contribution in [0, 0.1) is 0 Å². The number of carbonyl (C=O) groups excluding carboxylic acids is 2. The number of piperidine rings is 1. The Labute approximate surface area is 257 Å². The standard InChI is InChI=1S/C35H50N4O4/c1-33(2,3)42-31(40)38-20-18-36(19-21-38)24-25-12-15-29-28(22-25)35(7,8)27-14-13-26(37-16-10-9-11-17-37)23-30(27)39(29)32(41)43-34(4,5)6/h12-15,22-23H,9-11,16-21,24H2,1-8H3. The van der Waals surface area contributed by atoms with Gasteiger partial charge in [-0.1, -0.05) is 32.0 Å². The average Bonchev–Trinajstić information content (AvgIpc) is 2.92. The molecule has 3 heterocycles. The second kappa shape index (κ2) is 11.7. The first-order valence-corrected chi connectivity index (χ1v) is 15.9. The SMILES string of the molecule is CC(C)(C)OC(=O)N1CCN(Cc2ccc3c(c2)C(C)(C)c2ccc(N4CCCCC4)cc2N3C(=O)OC(C)(C)C)CC1. The van der Waals surface area contributed by atoms with E-state index in [0.29, 0.717) is 13.1 Å². The highest BCUT2D eigenvalue weighted by Crippen LogP contribution is 2.50. The van der Waals surface area contributed by atoms with Crippen LogP contribution in [0.2, 0.25) is 0 Å². The van der Waals surface area contributed by atoms with Gasteiger partial charge in [-0.2, -0.15) is 0 Å². The first-order chi connectivity index (χ1) is 20.1. The van der Waals surface area contributed by atoms with Gasteiger partial charge in [-0.3, -0.25) is 4.90 Å². The van der Waals surface area contributed by atoms with E-state index in [1.807, 2.05) is 41.5 Å². The van der Waals surface area contributed by atoms with Crippen LogP contribution in [0.5, 0.6) is 0 Å². The van der Waals surface area contributed by atoms with Gasteiger partial charge in [-0.25, -0.2) is 14.5 Å². The van der Waals surface area contributed by atoms with E-state index in [1.54, 1.807) is 9.80 Å². The summed E-state index contributed by atoms with van der Waals surface area (Å²) in [4.78, 5) is 34.8. The molecule has 3 aliphatic rings. The van der Waals surface area contributed by atoms with Crippen molar-refractivity contribution in [2.75, 3.05) is 49.1 Å². The van der Waals surface area contributed by atoms with Crippen molar-refractivity contribution >= 4 is 29.2 Å². The number of rotatable bonds is 3. The summed E-state index contributed by atoms with van der Waals surface area (Å²) >= 11 is 0. The van der Waals surface area contributed by atoms with Crippen LogP contribution in [0.4, 0.5) is 26.7 Å². The number of benzene rings is 2. The van der Waals surface area contributed by atoms with Gasteiger partial charge in [0.2, 0.25) is 0 Å². The van der Waals surface area contributed by atoms with Crippen LogP contribution in [0.1, 0.15) is 91.3 Å². The number of fused-ring (bicyclic) bond motifs is 2. The lowest BCUT2D eigenvalue weighted by Crippen LogP contribution is -2.49. The Morgan fingerprint density at radius 3 is 1.98 bits per heavy atom. The minimum absolute atomic E-state index is 0.243. The van der Waals surface area contributed by atoms with Gasteiger partial charge in [0.25, 0.3) is 0 Å². The highest BCUT2D eigenvalue weighted by Gasteiger charge is 2.41. The van der Waals surface area contributed by atoms with Crippen molar-refractivity contribution < 1.29 is 19.1 Å². The van der Waals surface area contributed by atoms with Crippen LogP contribution in [0.3, 0.4) is 0 Å². The molecule has 2 amide bonds. The first kappa shape index (κ1) is 31.2. The van der Waals surface area contributed by atoms with Gasteiger partial charge in [-0.05, 0) is 95.7 Å². The summed E-state index contributed by atoms with van der Waals surface area (Å²) in [5.41, 5.74) is 4.94. The highest BCUT2D eigenvalue weighted by molar-refractivity contribution is 6.01. The van der Waals surface area contributed by atoms with E-state index in [1.165, 1.54) is 24.8 Å². The number of nitrogens with zero attached hydrogens (tertiary/aromatic N) is 4. The number of hydrogen-bond acceptors (Lipinski definition) is 6. The van der Waals surface area contributed by atoms with Gasteiger partial charge in [0, 0.05) is 56.9 Å². The zero-order valence-corrected chi connectivity index (χ0v) is 27.5. The molecule has 0 spiro atoms. The maximum Gasteiger partial charge on any atom is 0.419 e. The maximum absolute atomic E-state index is 13.9. The van der Waals surface area contributed by atoms with Crippen molar-refractivity contribution in [2.24, 2.45) is 0 Å². The summed E-state index contributed by atoms with van der Waals surface area (Å²) in [7, 11) is 0. The average molecular weight is 591 g/mol. The fourth-order valence-electron chi connectivity index (χ4n) is 6.41. The molecular formula is C35H50N4O4. The minimum Gasteiger partial charge on any atom is -0.444 e. The summed E-state index contributed by atoms with van der Waals surface area (Å²) in [5, 5.41) is 0. The van der Waals surface area contributed by atoms with Crippen molar-refractivity contribution in [1.29, 1.82) is 0 Å².